The molecule has 3 aromatic carbocycles. The molecule has 0 spiro atoms. The van der Waals surface area contributed by atoms with Gasteiger partial charge in [0.05, 0.1) is 10.6 Å². The first kappa shape index (κ1) is 22.8. The molecular formula is C24H21N3O4S2. The average Bonchev–Trinajstić information content (AvgIpc) is 3.09. The Balaban J connectivity index is 1.63. The Morgan fingerprint density at radius 3 is 2.21 bits per heavy atom. The van der Waals surface area contributed by atoms with Crippen LogP contribution in [0.1, 0.15) is 12.0 Å². The fourth-order valence-electron chi connectivity index (χ4n) is 3.24. The summed E-state index contributed by atoms with van der Waals surface area (Å²) in [5, 5.41) is 1.97. The van der Waals surface area contributed by atoms with Gasteiger partial charge in [0.15, 0.2) is 5.17 Å². The lowest BCUT2D eigenvalue weighted by atomic mass is 10.2. The lowest BCUT2D eigenvalue weighted by Gasteiger charge is -2.16. The highest BCUT2D eigenvalue weighted by Gasteiger charge is 2.41. The highest BCUT2D eigenvalue weighted by molar-refractivity contribution is 8.16. The van der Waals surface area contributed by atoms with Crippen LogP contribution in [-0.4, -0.2) is 30.6 Å². The molecule has 1 heterocycles. The Morgan fingerprint density at radius 2 is 1.58 bits per heavy atom. The Bertz CT molecular complexity index is 1290. The van der Waals surface area contributed by atoms with Gasteiger partial charge in [-0.05, 0) is 43.3 Å². The number of carbonyl (C=O) groups is 2. The average molecular weight is 480 g/mol. The topological polar surface area (TPSA) is 95.9 Å². The predicted octanol–water partition coefficient (Wildman–Crippen LogP) is 4.22. The second-order valence-electron chi connectivity index (χ2n) is 7.40. The molecule has 0 aromatic heterocycles. The molecule has 0 unspecified atom stereocenters. The minimum absolute atomic E-state index is 0.0179. The predicted molar refractivity (Wildman–Crippen MR) is 131 cm³/mol. The number of para-hydroxylation sites is 2. The summed E-state index contributed by atoms with van der Waals surface area (Å²) >= 11 is 0.972. The molecule has 7 nitrogen and oxygen atoms in total. The number of thioether (sulfide) groups is 1. The van der Waals surface area contributed by atoms with Gasteiger partial charge in [0, 0.05) is 12.1 Å². The van der Waals surface area contributed by atoms with Crippen molar-refractivity contribution in [3.8, 4) is 0 Å². The number of amides is 2. The van der Waals surface area contributed by atoms with Crippen molar-refractivity contribution in [2.24, 2.45) is 4.40 Å². The molecule has 0 radical (unpaired) electrons. The molecule has 0 aliphatic carbocycles. The molecule has 33 heavy (non-hydrogen) atoms. The van der Waals surface area contributed by atoms with E-state index >= 15 is 0 Å². The monoisotopic (exact) mass is 479 g/mol. The number of anilines is 2. The van der Waals surface area contributed by atoms with Crippen LogP contribution in [0.3, 0.4) is 0 Å². The summed E-state index contributed by atoms with van der Waals surface area (Å²) in [7, 11) is -4.05. The minimum Gasteiger partial charge on any atom is -0.326 e. The number of hydrogen-bond acceptors (Lipinski definition) is 5. The third-order valence-corrected chi connectivity index (χ3v) is 7.43. The lowest BCUT2D eigenvalue weighted by molar-refractivity contribution is -0.121. The molecule has 0 saturated carbocycles. The second-order valence-corrected chi connectivity index (χ2v) is 10.2. The lowest BCUT2D eigenvalue weighted by Crippen LogP contribution is -2.33. The van der Waals surface area contributed by atoms with E-state index in [4.69, 9.17) is 0 Å². The van der Waals surface area contributed by atoms with Gasteiger partial charge in [0.1, 0.15) is 5.25 Å². The van der Waals surface area contributed by atoms with E-state index in [1.54, 1.807) is 66.7 Å². The zero-order valence-corrected chi connectivity index (χ0v) is 19.3. The van der Waals surface area contributed by atoms with Crippen molar-refractivity contribution in [2.45, 2.75) is 23.5 Å². The first-order valence-corrected chi connectivity index (χ1v) is 12.5. The van der Waals surface area contributed by atoms with E-state index in [0.717, 1.165) is 17.3 Å². The maximum Gasteiger partial charge on any atom is 0.284 e. The van der Waals surface area contributed by atoms with Crippen molar-refractivity contribution in [1.29, 1.82) is 0 Å². The molecule has 1 saturated heterocycles. The molecule has 168 valence electrons. The molecule has 4 rings (SSSR count). The van der Waals surface area contributed by atoms with Crippen molar-refractivity contribution in [2.75, 3.05) is 10.2 Å². The molecule has 0 bridgehead atoms. The van der Waals surface area contributed by atoms with Gasteiger partial charge in [-0.2, -0.15) is 8.42 Å². The zero-order chi connectivity index (χ0) is 23.4. The van der Waals surface area contributed by atoms with Gasteiger partial charge in [-0.1, -0.05) is 65.9 Å². The molecule has 3 aromatic rings. The van der Waals surface area contributed by atoms with Crippen LogP contribution in [0.2, 0.25) is 0 Å². The highest BCUT2D eigenvalue weighted by atomic mass is 32.2. The zero-order valence-electron chi connectivity index (χ0n) is 17.7. The highest BCUT2D eigenvalue weighted by Crippen LogP contribution is 2.35. The van der Waals surface area contributed by atoms with Crippen LogP contribution in [-0.2, 0) is 19.6 Å². The van der Waals surface area contributed by atoms with Crippen LogP contribution in [0.5, 0.6) is 0 Å². The van der Waals surface area contributed by atoms with Crippen LogP contribution in [0, 0.1) is 6.92 Å². The summed E-state index contributed by atoms with van der Waals surface area (Å²) in [6.07, 6.45) is -0.120. The second kappa shape index (κ2) is 9.60. The molecule has 2 amide bonds. The summed E-state index contributed by atoms with van der Waals surface area (Å²) in [4.78, 5) is 27.1. The van der Waals surface area contributed by atoms with Gasteiger partial charge in [0.25, 0.3) is 10.0 Å². The molecule has 9 heteroatoms. The SMILES string of the molecule is Cc1ccc(S(=O)(=O)N=C2S[C@@H](CC(=O)Nc3ccccc3)C(=O)N2c2ccccc2)cc1. The fraction of sp³-hybridized carbons (Fsp3) is 0.125. The van der Waals surface area contributed by atoms with Crippen LogP contribution < -0.4 is 10.2 Å². The molecule has 1 aliphatic heterocycles. The molecule has 1 aliphatic rings. The van der Waals surface area contributed by atoms with Crippen molar-refractivity contribution >= 4 is 50.1 Å². The third kappa shape index (κ3) is 5.32. The number of nitrogens with zero attached hydrogens (tertiary/aromatic N) is 2. The normalized spacial score (nSPS) is 17.4. The quantitative estimate of drug-likeness (QED) is 0.571. The van der Waals surface area contributed by atoms with Crippen LogP contribution in [0.25, 0.3) is 0 Å². The largest absolute Gasteiger partial charge is 0.326 e. The summed E-state index contributed by atoms with van der Waals surface area (Å²) < 4.78 is 29.9. The van der Waals surface area contributed by atoms with Crippen molar-refractivity contribution in [3.63, 3.8) is 0 Å². The van der Waals surface area contributed by atoms with Gasteiger partial charge < -0.3 is 5.32 Å². The van der Waals surface area contributed by atoms with E-state index in [2.05, 4.69) is 9.71 Å². The molecule has 1 atom stereocenters. The van der Waals surface area contributed by atoms with Crippen molar-refractivity contribution in [3.05, 3.63) is 90.5 Å². The summed E-state index contributed by atoms with van der Waals surface area (Å²) in [6, 6.07) is 23.9. The summed E-state index contributed by atoms with van der Waals surface area (Å²) in [6.45, 7) is 1.86. The van der Waals surface area contributed by atoms with Crippen LogP contribution in [0.4, 0.5) is 11.4 Å². The number of carbonyl (C=O) groups excluding carboxylic acids is 2. The Labute approximate surface area is 196 Å². The minimum atomic E-state index is -4.05. The van der Waals surface area contributed by atoms with Gasteiger partial charge in [-0.15, -0.1) is 4.40 Å². The fourth-order valence-corrected chi connectivity index (χ4v) is 5.58. The standard InChI is InChI=1S/C24H21N3O4S2/c1-17-12-14-20(15-13-17)33(30,31)26-24-27(19-10-6-3-7-11-19)23(29)21(32-24)16-22(28)25-18-8-4-2-5-9-18/h2-15,21H,16H2,1H3,(H,25,28)/t21-/m0/s1. The van der Waals surface area contributed by atoms with Crippen LogP contribution in [0.15, 0.2) is 94.2 Å². The van der Waals surface area contributed by atoms with Gasteiger partial charge in [-0.3, -0.25) is 14.5 Å². The Morgan fingerprint density at radius 1 is 0.970 bits per heavy atom. The van der Waals surface area contributed by atoms with Gasteiger partial charge >= 0.3 is 0 Å². The van der Waals surface area contributed by atoms with E-state index in [-0.39, 0.29) is 22.4 Å². The van der Waals surface area contributed by atoms with E-state index < -0.39 is 21.2 Å². The van der Waals surface area contributed by atoms with E-state index in [0.29, 0.717) is 11.4 Å². The number of hydrogen-bond donors (Lipinski definition) is 1. The number of aryl methyl sites for hydroxylation is 1. The Kier molecular flexibility index (Phi) is 6.62. The first-order chi connectivity index (χ1) is 15.8. The van der Waals surface area contributed by atoms with E-state index in [1.807, 2.05) is 13.0 Å². The summed E-state index contributed by atoms with van der Waals surface area (Å²) in [5.41, 5.74) is 2.02. The molecular weight excluding hydrogens is 458 g/mol. The van der Waals surface area contributed by atoms with Crippen LogP contribution >= 0.6 is 11.8 Å². The van der Waals surface area contributed by atoms with Gasteiger partial charge in [-0.25, -0.2) is 0 Å². The van der Waals surface area contributed by atoms with E-state index in [9.17, 15) is 18.0 Å². The molecule has 1 N–H and O–H groups in total. The maximum absolute atomic E-state index is 13.2. The summed E-state index contributed by atoms with van der Waals surface area (Å²) in [5.74, 6) is -0.741. The van der Waals surface area contributed by atoms with Crippen molar-refractivity contribution in [1.82, 2.24) is 0 Å². The number of benzene rings is 3. The van der Waals surface area contributed by atoms with E-state index in [1.165, 1.54) is 17.0 Å². The smallest absolute Gasteiger partial charge is 0.284 e. The molecule has 1 fully saturated rings. The number of nitrogens with one attached hydrogen (secondary N) is 1. The third-order valence-electron chi connectivity index (χ3n) is 4.89. The number of amidine groups is 1. The van der Waals surface area contributed by atoms with Gasteiger partial charge in [0.2, 0.25) is 11.8 Å². The first-order valence-electron chi connectivity index (χ1n) is 10.2. The number of sulfonamides is 1. The van der Waals surface area contributed by atoms with Crippen molar-refractivity contribution < 1.29 is 18.0 Å². The maximum atomic E-state index is 13.2. The number of rotatable bonds is 6. The Hall–Kier alpha value is -3.43.